The first-order valence-corrected chi connectivity index (χ1v) is 5.85. The van der Waals surface area contributed by atoms with Crippen molar-refractivity contribution >= 4 is 29.3 Å². The van der Waals surface area contributed by atoms with Crippen molar-refractivity contribution in [2.45, 2.75) is 5.25 Å². The van der Waals surface area contributed by atoms with Gasteiger partial charge in [0, 0.05) is 17.3 Å². The van der Waals surface area contributed by atoms with Crippen LogP contribution < -0.4 is 5.32 Å². The molecule has 1 fully saturated rings. The molecule has 1 heterocycles. The summed E-state index contributed by atoms with van der Waals surface area (Å²) >= 11 is 7.45. The highest BCUT2D eigenvalue weighted by Crippen LogP contribution is 2.31. The topological polar surface area (TPSA) is 29.1 Å². The second-order valence-electron chi connectivity index (χ2n) is 3.09. The number of halogens is 1. The molecule has 1 amide bonds. The Morgan fingerprint density at radius 2 is 2.07 bits per heavy atom. The van der Waals surface area contributed by atoms with Crippen LogP contribution in [0.5, 0.6) is 0 Å². The number of carbonyl (C=O) groups is 1. The molecule has 0 spiro atoms. The lowest BCUT2D eigenvalue weighted by atomic mass is 10.1. The van der Waals surface area contributed by atoms with Gasteiger partial charge in [-0.3, -0.25) is 4.79 Å². The quantitative estimate of drug-likeness (QED) is 0.798. The molecular formula is C10H10ClNOS. The predicted molar refractivity (Wildman–Crippen MR) is 59.7 cm³/mol. The Labute approximate surface area is 92.0 Å². The van der Waals surface area contributed by atoms with E-state index in [1.165, 1.54) is 0 Å². The lowest BCUT2D eigenvalue weighted by molar-refractivity contribution is -0.120. The third kappa shape index (κ3) is 2.04. The van der Waals surface area contributed by atoms with Crippen molar-refractivity contribution in [2.24, 2.45) is 0 Å². The molecule has 1 aromatic rings. The number of hydrogen-bond donors (Lipinski definition) is 1. The van der Waals surface area contributed by atoms with E-state index in [-0.39, 0.29) is 11.2 Å². The third-order valence-electron chi connectivity index (χ3n) is 2.10. The van der Waals surface area contributed by atoms with Crippen LogP contribution in [-0.2, 0) is 4.79 Å². The Bertz CT molecular complexity index is 338. The van der Waals surface area contributed by atoms with Gasteiger partial charge in [0.05, 0.1) is 0 Å². The molecule has 1 saturated heterocycles. The van der Waals surface area contributed by atoms with Crippen LogP contribution in [0.25, 0.3) is 0 Å². The second kappa shape index (κ2) is 4.24. The van der Waals surface area contributed by atoms with E-state index in [4.69, 9.17) is 11.6 Å². The van der Waals surface area contributed by atoms with Gasteiger partial charge >= 0.3 is 0 Å². The molecule has 1 aliphatic rings. The van der Waals surface area contributed by atoms with Crippen LogP contribution in [-0.4, -0.2) is 18.2 Å². The Hall–Kier alpha value is -0.670. The summed E-state index contributed by atoms with van der Waals surface area (Å²) in [5.41, 5.74) is 1.02. The van der Waals surface area contributed by atoms with Gasteiger partial charge < -0.3 is 5.32 Å². The molecule has 0 radical (unpaired) electrons. The van der Waals surface area contributed by atoms with Crippen molar-refractivity contribution in [2.75, 3.05) is 12.3 Å². The normalized spacial score (nSPS) is 21.8. The van der Waals surface area contributed by atoms with Gasteiger partial charge in [0.25, 0.3) is 0 Å². The van der Waals surface area contributed by atoms with E-state index < -0.39 is 0 Å². The number of thioether (sulfide) groups is 1. The fraction of sp³-hybridized carbons (Fsp3) is 0.300. The van der Waals surface area contributed by atoms with E-state index in [1.807, 2.05) is 24.3 Å². The van der Waals surface area contributed by atoms with Crippen LogP contribution in [0.3, 0.4) is 0 Å². The molecular weight excluding hydrogens is 218 g/mol. The van der Waals surface area contributed by atoms with Gasteiger partial charge in [-0.05, 0) is 17.7 Å². The second-order valence-corrected chi connectivity index (χ2v) is 4.74. The molecule has 0 aliphatic carbocycles. The summed E-state index contributed by atoms with van der Waals surface area (Å²) in [7, 11) is 0. The van der Waals surface area contributed by atoms with E-state index in [9.17, 15) is 4.79 Å². The van der Waals surface area contributed by atoms with Gasteiger partial charge in [-0.15, -0.1) is 11.8 Å². The highest BCUT2D eigenvalue weighted by molar-refractivity contribution is 8.00. The van der Waals surface area contributed by atoms with Crippen LogP contribution in [0.2, 0.25) is 5.02 Å². The van der Waals surface area contributed by atoms with Gasteiger partial charge in [-0.1, -0.05) is 23.7 Å². The van der Waals surface area contributed by atoms with Crippen LogP contribution in [0.15, 0.2) is 24.3 Å². The zero-order valence-electron chi connectivity index (χ0n) is 7.50. The Morgan fingerprint density at radius 1 is 1.36 bits per heavy atom. The molecule has 0 bridgehead atoms. The number of nitrogens with one attached hydrogen (secondary N) is 1. The minimum Gasteiger partial charge on any atom is -0.354 e. The molecule has 74 valence electrons. The minimum atomic E-state index is -0.0685. The zero-order chi connectivity index (χ0) is 9.97. The van der Waals surface area contributed by atoms with Crippen LogP contribution in [0.4, 0.5) is 0 Å². The predicted octanol–water partition coefficient (Wildman–Crippen LogP) is 2.24. The van der Waals surface area contributed by atoms with Gasteiger partial charge in [0.1, 0.15) is 5.25 Å². The summed E-state index contributed by atoms with van der Waals surface area (Å²) in [5, 5.41) is 3.49. The number of rotatable bonds is 1. The van der Waals surface area contributed by atoms with Crippen LogP contribution >= 0.6 is 23.4 Å². The van der Waals surface area contributed by atoms with E-state index in [2.05, 4.69) is 5.32 Å². The lowest BCUT2D eigenvalue weighted by Crippen LogP contribution is -2.34. The van der Waals surface area contributed by atoms with Gasteiger partial charge in [-0.25, -0.2) is 0 Å². The van der Waals surface area contributed by atoms with E-state index in [0.717, 1.165) is 17.9 Å². The minimum absolute atomic E-state index is 0.0685. The molecule has 1 aliphatic heterocycles. The fourth-order valence-electron chi connectivity index (χ4n) is 1.40. The highest BCUT2D eigenvalue weighted by atomic mass is 35.5. The molecule has 0 unspecified atom stereocenters. The monoisotopic (exact) mass is 227 g/mol. The Balaban J connectivity index is 2.20. The summed E-state index contributed by atoms with van der Waals surface area (Å²) in [6.07, 6.45) is 0. The molecule has 0 aromatic heterocycles. The Kier molecular flexibility index (Phi) is 2.99. The van der Waals surface area contributed by atoms with E-state index in [0.29, 0.717) is 5.02 Å². The smallest absolute Gasteiger partial charge is 0.237 e. The van der Waals surface area contributed by atoms with Crippen molar-refractivity contribution in [3.05, 3.63) is 34.9 Å². The maximum Gasteiger partial charge on any atom is 0.237 e. The summed E-state index contributed by atoms with van der Waals surface area (Å²) < 4.78 is 0. The van der Waals surface area contributed by atoms with Crippen molar-refractivity contribution in [3.8, 4) is 0 Å². The molecule has 1 aromatic carbocycles. The number of amides is 1. The van der Waals surface area contributed by atoms with Crippen molar-refractivity contribution in [1.82, 2.24) is 5.32 Å². The first-order chi connectivity index (χ1) is 6.77. The molecule has 14 heavy (non-hydrogen) atoms. The van der Waals surface area contributed by atoms with Crippen molar-refractivity contribution in [1.29, 1.82) is 0 Å². The molecule has 2 nitrogen and oxygen atoms in total. The highest BCUT2D eigenvalue weighted by Gasteiger charge is 2.23. The van der Waals surface area contributed by atoms with Gasteiger partial charge in [-0.2, -0.15) is 0 Å². The number of benzene rings is 1. The van der Waals surface area contributed by atoms with E-state index >= 15 is 0 Å². The standard InChI is InChI=1S/C10H10ClNOS/c11-8-3-1-7(2-4-8)9-10(13)12-5-6-14-9/h1-4,9H,5-6H2,(H,12,13)/t9-/m1/s1. The van der Waals surface area contributed by atoms with Crippen LogP contribution in [0.1, 0.15) is 10.8 Å². The molecule has 4 heteroatoms. The average molecular weight is 228 g/mol. The van der Waals surface area contributed by atoms with Crippen molar-refractivity contribution in [3.63, 3.8) is 0 Å². The zero-order valence-corrected chi connectivity index (χ0v) is 9.07. The maximum absolute atomic E-state index is 11.5. The maximum atomic E-state index is 11.5. The van der Waals surface area contributed by atoms with Crippen LogP contribution in [0, 0.1) is 0 Å². The first-order valence-electron chi connectivity index (χ1n) is 4.42. The molecule has 1 atom stereocenters. The average Bonchev–Trinajstić information content (AvgIpc) is 2.20. The summed E-state index contributed by atoms with van der Waals surface area (Å²) in [4.78, 5) is 11.5. The SMILES string of the molecule is O=C1NCCS[C@@H]1c1ccc(Cl)cc1. The molecule has 0 saturated carbocycles. The summed E-state index contributed by atoms with van der Waals surface area (Å²) in [6.45, 7) is 0.771. The largest absolute Gasteiger partial charge is 0.354 e. The molecule has 1 N–H and O–H groups in total. The molecule has 2 rings (SSSR count). The summed E-state index contributed by atoms with van der Waals surface area (Å²) in [5.74, 6) is 1.07. The lowest BCUT2D eigenvalue weighted by Gasteiger charge is -2.21. The Morgan fingerprint density at radius 3 is 2.71 bits per heavy atom. The number of carbonyl (C=O) groups excluding carboxylic acids is 1. The summed E-state index contributed by atoms with van der Waals surface area (Å²) in [6, 6.07) is 7.45. The first kappa shape index (κ1) is 9.87. The fourth-order valence-corrected chi connectivity index (χ4v) is 2.57. The van der Waals surface area contributed by atoms with Gasteiger partial charge in [0.15, 0.2) is 0 Å². The van der Waals surface area contributed by atoms with E-state index in [1.54, 1.807) is 11.8 Å². The number of hydrogen-bond acceptors (Lipinski definition) is 2. The third-order valence-corrected chi connectivity index (χ3v) is 3.61. The van der Waals surface area contributed by atoms with Gasteiger partial charge in [0.2, 0.25) is 5.91 Å². The van der Waals surface area contributed by atoms with Crippen molar-refractivity contribution < 1.29 is 4.79 Å².